The van der Waals surface area contributed by atoms with E-state index in [-0.39, 0.29) is 5.75 Å². The minimum Gasteiger partial charge on any atom is -0.508 e. The Bertz CT molecular complexity index is 762. The summed E-state index contributed by atoms with van der Waals surface area (Å²) in [4.78, 5) is 7.70. The molecule has 4 heteroatoms. The van der Waals surface area contributed by atoms with Gasteiger partial charge in [-0.1, -0.05) is 34.1 Å². The standard InChI is InChI=1S/C15H11BrN2O/c16-11-5-6-13-14(9-11)18-15(17-13)7-4-10-2-1-3-12(19)8-10/h1-9,19H,(H,17,18)/b7-4+. The SMILES string of the molecule is Oc1cccc(/C=C/c2nc3ccc(Br)cc3[nH]2)c1. The van der Waals surface area contributed by atoms with Crippen LogP contribution in [0.25, 0.3) is 23.2 Å². The topological polar surface area (TPSA) is 48.9 Å². The lowest BCUT2D eigenvalue weighted by Gasteiger charge is -1.93. The summed E-state index contributed by atoms with van der Waals surface area (Å²) in [6, 6.07) is 13.0. The van der Waals surface area contributed by atoms with Crippen LogP contribution >= 0.6 is 15.9 Å². The zero-order valence-corrected chi connectivity index (χ0v) is 11.6. The minimum absolute atomic E-state index is 0.260. The molecule has 0 radical (unpaired) electrons. The molecule has 94 valence electrons. The Morgan fingerprint density at radius 1 is 1.11 bits per heavy atom. The molecule has 1 aromatic heterocycles. The highest BCUT2D eigenvalue weighted by Gasteiger charge is 2.00. The molecular formula is C15H11BrN2O. The van der Waals surface area contributed by atoms with E-state index in [2.05, 4.69) is 25.9 Å². The van der Waals surface area contributed by atoms with Gasteiger partial charge in [-0.05, 0) is 42.0 Å². The van der Waals surface area contributed by atoms with E-state index in [1.54, 1.807) is 12.1 Å². The minimum atomic E-state index is 0.260. The highest BCUT2D eigenvalue weighted by Crippen LogP contribution is 2.19. The molecule has 2 aromatic carbocycles. The molecule has 2 N–H and O–H groups in total. The van der Waals surface area contributed by atoms with Crippen molar-refractivity contribution in [1.29, 1.82) is 0 Å². The highest BCUT2D eigenvalue weighted by molar-refractivity contribution is 9.10. The van der Waals surface area contributed by atoms with Crippen LogP contribution in [0, 0.1) is 0 Å². The molecular weight excluding hydrogens is 304 g/mol. The van der Waals surface area contributed by atoms with E-state index in [1.165, 1.54) is 0 Å². The van der Waals surface area contributed by atoms with Gasteiger partial charge in [-0.15, -0.1) is 0 Å². The van der Waals surface area contributed by atoms with Gasteiger partial charge in [0.2, 0.25) is 0 Å². The third-order valence-corrected chi connectivity index (χ3v) is 3.26. The van der Waals surface area contributed by atoms with Gasteiger partial charge in [0.05, 0.1) is 11.0 Å². The lowest BCUT2D eigenvalue weighted by atomic mass is 10.2. The summed E-state index contributed by atoms with van der Waals surface area (Å²) in [7, 11) is 0. The number of rotatable bonds is 2. The molecule has 3 aromatic rings. The van der Waals surface area contributed by atoms with Crippen molar-refractivity contribution < 1.29 is 5.11 Å². The Kier molecular flexibility index (Phi) is 3.09. The second kappa shape index (κ2) is 4.90. The van der Waals surface area contributed by atoms with Gasteiger partial charge in [0, 0.05) is 4.47 Å². The van der Waals surface area contributed by atoms with E-state index >= 15 is 0 Å². The lowest BCUT2D eigenvalue weighted by Crippen LogP contribution is -1.74. The first-order valence-electron chi connectivity index (χ1n) is 5.83. The summed E-state index contributed by atoms with van der Waals surface area (Å²) in [5.74, 6) is 1.05. The zero-order valence-electron chi connectivity index (χ0n) is 9.97. The average molecular weight is 315 g/mol. The van der Waals surface area contributed by atoms with Crippen LogP contribution < -0.4 is 0 Å². The fraction of sp³-hybridized carbons (Fsp3) is 0. The third-order valence-electron chi connectivity index (χ3n) is 2.77. The quantitative estimate of drug-likeness (QED) is 0.744. The number of aromatic amines is 1. The van der Waals surface area contributed by atoms with Gasteiger partial charge < -0.3 is 10.1 Å². The highest BCUT2D eigenvalue weighted by atomic mass is 79.9. The molecule has 0 aliphatic rings. The first-order valence-corrected chi connectivity index (χ1v) is 6.62. The van der Waals surface area contributed by atoms with E-state index in [1.807, 2.05) is 42.5 Å². The van der Waals surface area contributed by atoms with Gasteiger partial charge in [0.1, 0.15) is 11.6 Å². The van der Waals surface area contributed by atoms with Crippen molar-refractivity contribution in [3.8, 4) is 5.75 Å². The lowest BCUT2D eigenvalue weighted by molar-refractivity contribution is 0.475. The first-order chi connectivity index (χ1) is 9.20. The summed E-state index contributed by atoms with van der Waals surface area (Å²) in [6.45, 7) is 0. The number of aromatic nitrogens is 2. The molecule has 0 spiro atoms. The molecule has 0 bridgehead atoms. The number of H-pyrrole nitrogens is 1. The number of nitrogens with zero attached hydrogens (tertiary/aromatic N) is 1. The van der Waals surface area contributed by atoms with Crippen molar-refractivity contribution in [3.63, 3.8) is 0 Å². The van der Waals surface area contributed by atoms with Crippen molar-refractivity contribution in [1.82, 2.24) is 9.97 Å². The van der Waals surface area contributed by atoms with Crippen LogP contribution in [0.2, 0.25) is 0 Å². The monoisotopic (exact) mass is 314 g/mol. The summed E-state index contributed by atoms with van der Waals surface area (Å²) in [5.41, 5.74) is 2.85. The normalized spacial score (nSPS) is 11.4. The molecule has 1 heterocycles. The van der Waals surface area contributed by atoms with Crippen LogP contribution in [0.4, 0.5) is 0 Å². The third kappa shape index (κ3) is 2.69. The fourth-order valence-electron chi connectivity index (χ4n) is 1.88. The molecule has 0 saturated carbocycles. The van der Waals surface area contributed by atoms with Gasteiger partial charge in [-0.25, -0.2) is 4.98 Å². The van der Waals surface area contributed by atoms with E-state index in [0.29, 0.717) is 0 Å². The van der Waals surface area contributed by atoms with Gasteiger partial charge in [0.25, 0.3) is 0 Å². The van der Waals surface area contributed by atoms with Crippen LogP contribution in [0.1, 0.15) is 11.4 Å². The van der Waals surface area contributed by atoms with Crippen LogP contribution in [0.15, 0.2) is 46.9 Å². The van der Waals surface area contributed by atoms with E-state index in [0.717, 1.165) is 26.9 Å². The molecule has 19 heavy (non-hydrogen) atoms. The number of benzene rings is 2. The first kappa shape index (κ1) is 12.0. The van der Waals surface area contributed by atoms with Crippen LogP contribution in [0.5, 0.6) is 5.75 Å². The Morgan fingerprint density at radius 2 is 2.00 bits per heavy atom. The molecule has 0 amide bonds. The Hall–Kier alpha value is -2.07. The molecule has 0 aliphatic carbocycles. The number of fused-ring (bicyclic) bond motifs is 1. The van der Waals surface area contributed by atoms with Crippen molar-refractivity contribution in [2.24, 2.45) is 0 Å². The molecule has 0 unspecified atom stereocenters. The maximum atomic E-state index is 9.39. The summed E-state index contributed by atoms with van der Waals surface area (Å²) in [6.07, 6.45) is 3.80. The van der Waals surface area contributed by atoms with Gasteiger partial charge in [0.15, 0.2) is 0 Å². The summed E-state index contributed by atoms with van der Waals surface area (Å²) in [5, 5.41) is 9.39. The second-order valence-corrected chi connectivity index (χ2v) is 5.13. The van der Waals surface area contributed by atoms with E-state index in [4.69, 9.17) is 0 Å². The number of phenolic OH excluding ortho intramolecular Hbond substituents is 1. The number of aromatic hydroxyl groups is 1. The smallest absolute Gasteiger partial charge is 0.131 e. The predicted molar refractivity (Wildman–Crippen MR) is 80.8 cm³/mol. The van der Waals surface area contributed by atoms with E-state index < -0.39 is 0 Å². The van der Waals surface area contributed by atoms with Crippen molar-refractivity contribution in [2.45, 2.75) is 0 Å². The van der Waals surface area contributed by atoms with Gasteiger partial charge in [-0.2, -0.15) is 0 Å². The number of hydrogen-bond acceptors (Lipinski definition) is 2. The maximum Gasteiger partial charge on any atom is 0.131 e. The number of imidazole rings is 1. The Labute approximate surface area is 118 Å². The maximum absolute atomic E-state index is 9.39. The van der Waals surface area contributed by atoms with Crippen LogP contribution in [0.3, 0.4) is 0 Å². The zero-order chi connectivity index (χ0) is 13.2. The summed E-state index contributed by atoms with van der Waals surface area (Å²) >= 11 is 3.43. The van der Waals surface area contributed by atoms with Crippen LogP contribution in [-0.2, 0) is 0 Å². The van der Waals surface area contributed by atoms with E-state index in [9.17, 15) is 5.11 Å². The largest absolute Gasteiger partial charge is 0.508 e. The molecule has 0 saturated heterocycles. The van der Waals surface area contributed by atoms with Crippen molar-refractivity contribution in [3.05, 3.63) is 58.3 Å². The second-order valence-electron chi connectivity index (χ2n) is 4.21. The van der Waals surface area contributed by atoms with Gasteiger partial charge >= 0.3 is 0 Å². The van der Waals surface area contributed by atoms with Crippen LogP contribution in [-0.4, -0.2) is 15.1 Å². The Morgan fingerprint density at radius 3 is 2.84 bits per heavy atom. The molecule has 3 rings (SSSR count). The van der Waals surface area contributed by atoms with Gasteiger partial charge in [-0.3, -0.25) is 0 Å². The molecule has 0 fully saturated rings. The van der Waals surface area contributed by atoms with Crippen molar-refractivity contribution >= 4 is 39.1 Å². The number of nitrogens with one attached hydrogen (secondary N) is 1. The number of phenols is 1. The fourth-order valence-corrected chi connectivity index (χ4v) is 2.25. The Balaban J connectivity index is 1.92. The van der Waals surface area contributed by atoms with Crippen molar-refractivity contribution in [2.75, 3.05) is 0 Å². The predicted octanol–water partition coefficient (Wildman–Crippen LogP) is 4.20. The molecule has 0 atom stereocenters. The number of halogens is 1. The summed E-state index contributed by atoms with van der Waals surface area (Å²) < 4.78 is 1.02. The average Bonchev–Trinajstić information content (AvgIpc) is 2.78. The molecule has 0 aliphatic heterocycles. The number of hydrogen-bond donors (Lipinski definition) is 2. The molecule has 3 nitrogen and oxygen atoms in total.